The summed E-state index contributed by atoms with van der Waals surface area (Å²) >= 11 is 0. The summed E-state index contributed by atoms with van der Waals surface area (Å²) in [5, 5.41) is 16.0. The maximum Gasteiger partial charge on any atom is 0.340 e. The summed E-state index contributed by atoms with van der Waals surface area (Å²) in [6.45, 7) is 2.36. The lowest BCUT2D eigenvalue weighted by Gasteiger charge is -2.07. The largest absolute Gasteiger partial charge is 0.496 e. The van der Waals surface area contributed by atoms with Crippen LogP contribution in [0.5, 0.6) is 5.75 Å². The first kappa shape index (κ1) is 24.3. The van der Waals surface area contributed by atoms with E-state index in [-0.39, 0.29) is 23.6 Å². The molecule has 0 fully saturated rings. The maximum atomic E-state index is 12.5. The van der Waals surface area contributed by atoms with Crippen LogP contribution in [0.4, 0.5) is 5.69 Å². The molecule has 0 unspecified atom stereocenters. The number of esters is 1. The van der Waals surface area contributed by atoms with Crippen LogP contribution >= 0.6 is 0 Å². The summed E-state index contributed by atoms with van der Waals surface area (Å²) in [5.74, 6) is -0.0177. The van der Waals surface area contributed by atoms with Crippen LogP contribution in [0.15, 0.2) is 73.1 Å². The van der Waals surface area contributed by atoms with Crippen LogP contribution in [0.1, 0.15) is 34.1 Å². The summed E-state index contributed by atoms with van der Waals surface area (Å²) in [7, 11) is 1.60. The van der Waals surface area contributed by atoms with Crippen LogP contribution in [0, 0.1) is 10.1 Å². The molecule has 0 saturated carbocycles. The Morgan fingerprint density at radius 1 is 1.11 bits per heavy atom. The Morgan fingerprint density at radius 3 is 2.58 bits per heavy atom. The van der Waals surface area contributed by atoms with Crippen molar-refractivity contribution >= 4 is 23.8 Å². The lowest BCUT2D eigenvalue weighted by Crippen LogP contribution is -2.08. The highest BCUT2D eigenvalue weighted by molar-refractivity contribution is 5.95. The average Bonchev–Trinajstić information content (AvgIpc) is 3.30. The van der Waals surface area contributed by atoms with Crippen molar-refractivity contribution < 1.29 is 19.2 Å². The molecule has 182 valence electrons. The van der Waals surface area contributed by atoms with Gasteiger partial charge in [-0.1, -0.05) is 42.5 Å². The molecule has 2 aromatic carbocycles. The molecule has 0 saturated heterocycles. The normalized spacial score (nSPS) is 10.9. The van der Waals surface area contributed by atoms with E-state index in [1.165, 1.54) is 6.07 Å². The molecular formula is C27H24N4O5. The third-order valence-corrected chi connectivity index (χ3v) is 5.37. The van der Waals surface area contributed by atoms with Gasteiger partial charge >= 0.3 is 5.97 Å². The third-order valence-electron chi connectivity index (χ3n) is 5.37. The third kappa shape index (κ3) is 5.47. The fourth-order valence-corrected chi connectivity index (χ4v) is 3.70. The van der Waals surface area contributed by atoms with Gasteiger partial charge in [0.1, 0.15) is 17.6 Å². The van der Waals surface area contributed by atoms with E-state index in [0.717, 1.165) is 22.9 Å². The lowest BCUT2D eigenvalue weighted by molar-refractivity contribution is -0.385. The Labute approximate surface area is 207 Å². The van der Waals surface area contributed by atoms with Gasteiger partial charge in [-0.05, 0) is 36.8 Å². The monoisotopic (exact) mass is 484 g/mol. The van der Waals surface area contributed by atoms with E-state index in [9.17, 15) is 14.9 Å². The van der Waals surface area contributed by atoms with Crippen molar-refractivity contribution in [3.63, 3.8) is 0 Å². The number of carbonyl (C=O) groups excluding carboxylic acids is 1. The van der Waals surface area contributed by atoms with E-state index in [0.29, 0.717) is 18.0 Å². The fraction of sp³-hybridized carbons (Fsp3) is 0.148. The number of benzene rings is 2. The van der Waals surface area contributed by atoms with E-state index in [4.69, 9.17) is 14.6 Å². The van der Waals surface area contributed by atoms with Gasteiger partial charge in [0.2, 0.25) is 0 Å². The molecule has 0 radical (unpaired) electrons. The molecule has 0 N–H and O–H groups in total. The first-order valence-electron chi connectivity index (χ1n) is 11.2. The van der Waals surface area contributed by atoms with Gasteiger partial charge in [0.15, 0.2) is 0 Å². The van der Waals surface area contributed by atoms with Crippen molar-refractivity contribution in [1.82, 2.24) is 14.8 Å². The second kappa shape index (κ2) is 11.1. The zero-order valence-electron chi connectivity index (χ0n) is 19.8. The summed E-state index contributed by atoms with van der Waals surface area (Å²) in [5.41, 5.74) is 3.29. The SMILES string of the molecule is CCOC(=O)c1cc([N+](=O)[O-])cnc1/C=C/c1cn(Cc2ccccc2)nc1-c1ccccc1OC. The highest BCUT2D eigenvalue weighted by atomic mass is 16.6. The van der Waals surface area contributed by atoms with Crippen molar-refractivity contribution in [3.05, 3.63) is 106 Å². The Kier molecular flexibility index (Phi) is 7.50. The number of hydrogen-bond donors (Lipinski definition) is 0. The molecule has 4 aromatic rings. The van der Waals surface area contributed by atoms with Crippen LogP contribution in [0.2, 0.25) is 0 Å². The molecule has 0 atom stereocenters. The fourth-order valence-electron chi connectivity index (χ4n) is 3.70. The number of hydrogen-bond acceptors (Lipinski definition) is 7. The second-order valence-corrected chi connectivity index (χ2v) is 7.75. The van der Waals surface area contributed by atoms with Gasteiger partial charge in [-0.3, -0.25) is 14.8 Å². The maximum absolute atomic E-state index is 12.5. The van der Waals surface area contributed by atoms with Gasteiger partial charge in [-0.15, -0.1) is 0 Å². The van der Waals surface area contributed by atoms with Crippen molar-refractivity contribution in [1.29, 1.82) is 0 Å². The highest BCUT2D eigenvalue weighted by Gasteiger charge is 2.19. The number of nitro groups is 1. The van der Waals surface area contributed by atoms with Crippen molar-refractivity contribution in [2.24, 2.45) is 0 Å². The minimum absolute atomic E-state index is 0.0119. The summed E-state index contributed by atoms with van der Waals surface area (Å²) < 4.78 is 12.5. The number of pyridine rings is 1. The number of rotatable bonds is 9. The molecule has 0 aliphatic rings. The molecule has 2 heterocycles. The molecule has 0 spiro atoms. The number of nitrogens with zero attached hydrogens (tertiary/aromatic N) is 4. The Hall–Kier alpha value is -4.79. The summed E-state index contributed by atoms with van der Waals surface area (Å²) in [6, 6.07) is 18.7. The molecule has 0 bridgehead atoms. The van der Waals surface area contributed by atoms with E-state index < -0.39 is 10.9 Å². The highest BCUT2D eigenvalue weighted by Crippen LogP contribution is 2.32. The second-order valence-electron chi connectivity index (χ2n) is 7.75. The summed E-state index contributed by atoms with van der Waals surface area (Å²) in [4.78, 5) is 27.2. The molecule has 36 heavy (non-hydrogen) atoms. The van der Waals surface area contributed by atoms with Gasteiger partial charge in [-0.2, -0.15) is 5.10 Å². The molecular weight excluding hydrogens is 460 g/mol. The number of aromatic nitrogens is 3. The van der Waals surface area contributed by atoms with Gasteiger partial charge in [0.05, 0.1) is 36.4 Å². The minimum Gasteiger partial charge on any atom is -0.496 e. The lowest BCUT2D eigenvalue weighted by atomic mass is 10.1. The average molecular weight is 485 g/mol. The Morgan fingerprint density at radius 2 is 1.86 bits per heavy atom. The number of carbonyl (C=O) groups is 1. The quantitative estimate of drug-likeness (QED) is 0.181. The molecule has 9 heteroatoms. The molecule has 0 aliphatic heterocycles. The van der Waals surface area contributed by atoms with Crippen molar-refractivity contribution in [2.75, 3.05) is 13.7 Å². The van der Waals surface area contributed by atoms with Gasteiger partial charge in [0.25, 0.3) is 5.69 Å². The number of ether oxygens (including phenoxy) is 2. The standard InChI is InChI=1S/C27H24N4O5/c1-3-36-27(32)23-15-21(31(33)34)16-28-24(23)14-13-20-18-30(17-19-9-5-4-6-10-19)29-26(20)22-11-7-8-12-25(22)35-2/h4-16,18H,3,17H2,1-2H3/b14-13+. The topological polar surface area (TPSA) is 109 Å². The first-order chi connectivity index (χ1) is 17.5. The first-order valence-corrected chi connectivity index (χ1v) is 11.2. The van der Waals surface area contributed by atoms with Gasteiger partial charge in [-0.25, -0.2) is 9.78 Å². The molecule has 2 aromatic heterocycles. The van der Waals surface area contributed by atoms with E-state index in [1.54, 1.807) is 26.2 Å². The molecule has 0 aliphatic carbocycles. The van der Waals surface area contributed by atoms with Crippen LogP contribution in [0.3, 0.4) is 0 Å². The smallest absolute Gasteiger partial charge is 0.340 e. The number of para-hydroxylation sites is 1. The van der Waals surface area contributed by atoms with Crippen LogP contribution in [-0.4, -0.2) is 39.4 Å². The summed E-state index contributed by atoms with van der Waals surface area (Å²) in [6.07, 6.45) is 6.40. The Balaban J connectivity index is 1.78. The van der Waals surface area contributed by atoms with E-state index in [2.05, 4.69) is 4.98 Å². The minimum atomic E-state index is -0.682. The van der Waals surface area contributed by atoms with E-state index in [1.807, 2.05) is 65.5 Å². The van der Waals surface area contributed by atoms with Gasteiger partial charge < -0.3 is 9.47 Å². The molecule has 0 amide bonds. The van der Waals surface area contributed by atoms with E-state index >= 15 is 0 Å². The zero-order chi connectivity index (χ0) is 25.5. The predicted molar refractivity (Wildman–Crippen MR) is 136 cm³/mol. The molecule has 4 rings (SSSR count). The van der Waals surface area contributed by atoms with Crippen LogP contribution in [0.25, 0.3) is 23.4 Å². The van der Waals surface area contributed by atoms with Gasteiger partial charge in [0, 0.05) is 23.4 Å². The zero-order valence-corrected chi connectivity index (χ0v) is 19.8. The van der Waals surface area contributed by atoms with Crippen LogP contribution in [-0.2, 0) is 11.3 Å². The molecule has 9 nitrogen and oxygen atoms in total. The van der Waals surface area contributed by atoms with Crippen molar-refractivity contribution in [2.45, 2.75) is 13.5 Å². The predicted octanol–water partition coefficient (Wildman–Crippen LogP) is 5.26. The Bertz CT molecular complexity index is 1410. The van der Waals surface area contributed by atoms with Crippen LogP contribution < -0.4 is 4.74 Å². The van der Waals surface area contributed by atoms with Crippen molar-refractivity contribution in [3.8, 4) is 17.0 Å². The number of methoxy groups -OCH3 is 1.